The average molecular weight is 394 g/mol. The predicted molar refractivity (Wildman–Crippen MR) is 108 cm³/mol. The first-order valence-corrected chi connectivity index (χ1v) is 11.5. The Morgan fingerprint density at radius 3 is 2.54 bits per heavy atom. The minimum Gasteiger partial charge on any atom is -0.493 e. The van der Waals surface area contributed by atoms with Crippen molar-refractivity contribution < 1.29 is 14.3 Å². The monoisotopic (exact) mass is 393 g/mol. The molecule has 0 radical (unpaired) electrons. The first-order valence-electron chi connectivity index (χ1n) is 9.36. The van der Waals surface area contributed by atoms with E-state index in [1.54, 1.807) is 14.2 Å². The molecule has 1 amide bonds. The summed E-state index contributed by atoms with van der Waals surface area (Å²) in [6, 6.07) is 4.21. The van der Waals surface area contributed by atoms with Gasteiger partial charge in [0.1, 0.15) is 0 Å². The molecular formula is C20H27NO3S2. The second kappa shape index (κ2) is 7.19. The van der Waals surface area contributed by atoms with Crippen LogP contribution in [0.2, 0.25) is 0 Å². The highest BCUT2D eigenvalue weighted by Crippen LogP contribution is 2.51. The van der Waals surface area contributed by atoms with Crippen LogP contribution in [0.5, 0.6) is 11.5 Å². The van der Waals surface area contributed by atoms with Crippen molar-refractivity contribution in [1.29, 1.82) is 0 Å². The molecule has 2 saturated heterocycles. The van der Waals surface area contributed by atoms with E-state index in [0.717, 1.165) is 30.9 Å². The maximum absolute atomic E-state index is 13.0. The summed E-state index contributed by atoms with van der Waals surface area (Å²) in [6.07, 6.45) is 3.90. The van der Waals surface area contributed by atoms with Crippen molar-refractivity contribution in [1.82, 2.24) is 4.90 Å². The van der Waals surface area contributed by atoms with E-state index < -0.39 is 0 Å². The number of carbonyl (C=O) groups excluding carboxylic acids is 1. The van der Waals surface area contributed by atoms with Crippen molar-refractivity contribution in [2.24, 2.45) is 5.92 Å². The first-order chi connectivity index (χ1) is 12.6. The summed E-state index contributed by atoms with van der Waals surface area (Å²) >= 11 is 4.10. The lowest BCUT2D eigenvalue weighted by atomic mass is 9.72. The number of thioether (sulfide) groups is 2. The lowest BCUT2D eigenvalue weighted by Crippen LogP contribution is -2.57. The SMILES string of the molecule is COc1cc2c(cc1OC)[C@@]1(C)C[C@H](C3SCCCS3)CC(=O)N1CC2. The number of hydrogen-bond acceptors (Lipinski definition) is 5. The lowest BCUT2D eigenvalue weighted by molar-refractivity contribution is -0.145. The summed E-state index contributed by atoms with van der Waals surface area (Å²) < 4.78 is 11.6. The number of benzene rings is 1. The van der Waals surface area contributed by atoms with Crippen molar-refractivity contribution in [2.45, 2.75) is 42.7 Å². The van der Waals surface area contributed by atoms with Crippen molar-refractivity contribution in [2.75, 3.05) is 32.3 Å². The highest BCUT2D eigenvalue weighted by atomic mass is 32.2. The zero-order chi connectivity index (χ0) is 18.3. The van der Waals surface area contributed by atoms with Gasteiger partial charge in [0.25, 0.3) is 0 Å². The Morgan fingerprint density at radius 1 is 1.15 bits per heavy atom. The number of piperidine rings is 1. The highest BCUT2D eigenvalue weighted by molar-refractivity contribution is 8.17. The standard InChI is InChI=1S/C20H27NO3S2/c1-20-12-14(19-25-7-4-8-26-19)10-18(22)21(20)6-5-13-9-16(23-2)17(24-3)11-15(13)20/h9,11,14,19H,4-8,10,12H2,1-3H3/t14-,20-/m1/s1. The van der Waals surface area contributed by atoms with Crippen molar-refractivity contribution >= 4 is 29.4 Å². The molecule has 0 bridgehead atoms. The molecule has 4 rings (SSSR count). The van der Waals surface area contributed by atoms with Gasteiger partial charge in [-0.05, 0) is 66.9 Å². The molecule has 0 unspecified atom stereocenters. The number of rotatable bonds is 3. The van der Waals surface area contributed by atoms with Gasteiger partial charge in [0, 0.05) is 13.0 Å². The maximum atomic E-state index is 13.0. The van der Waals surface area contributed by atoms with E-state index in [4.69, 9.17) is 9.47 Å². The minimum atomic E-state index is -0.244. The molecule has 0 saturated carbocycles. The molecule has 2 fully saturated rings. The molecule has 0 spiro atoms. The molecule has 1 aromatic carbocycles. The zero-order valence-electron chi connectivity index (χ0n) is 15.7. The van der Waals surface area contributed by atoms with E-state index in [9.17, 15) is 4.79 Å². The second-order valence-corrected chi connectivity index (χ2v) is 10.4. The third-order valence-corrected chi connectivity index (χ3v) is 9.32. The minimum absolute atomic E-state index is 0.244. The molecule has 0 N–H and O–H groups in total. The van der Waals surface area contributed by atoms with E-state index in [2.05, 4.69) is 47.5 Å². The highest BCUT2D eigenvalue weighted by Gasteiger charge is 2.49. The summed E-state index contributed by atoms with van der Waals surface area (Å²) in [7, 11) is 3.36. The molecular weight excluding hydrogens is 366 g/mol. The fourth-order valence-corrected chi connectivity index (χ4v) is 7.92. The number of ether oxygens (including phenoxy) is 2. The van der Waals surface area contributed by atoms with Gasteiger partial charge < -0.3 is 14.4 Å². The molecule has 0 aromatic heterocycles. The van der Waals surface area contributed by atoms with E-state index >= 15 is 0 Å². The number of hydrogen-bond donors (Lipinski definition) is 0. The molecule has 3 aliphatic rings. The van der Waals surface area contributed by atoms with Crippen LogP contribution in [0.3, 0.4) is 0 Å². The van der Waals surface area contributed by atoms with Crippen LogP contribution in [-0.4, -0.2) is 47.7 Å². The largest absolute Gasteiger partial charge is 0.493 e. The zero-order valence-corrected chi connectivity index (χ0v) is 17.4. The molecule has 4 nitrogen and oxygen atoms in total. The molecule has 142 valence electrons. The van der Waals surface area contributed by atoms with Crippen LogP contribution in [0.1, 0.15) is 37.3 Å². The van der Waals surface area contributed by atoms with Crippen molar-refractivity contribution in [3.8, 4) is 11.5 Å². The van der Waals surface area contributed by atoms with Gasteiger partial charge in [-0.3, -0.25) is 4.79 Å². The van der Waals surface area contributed by atoms with Gasteiger partial charge in [-0.1, -0.05) is 0 Å². The lowest BCUT2D eigenvalue weighted by Gasteiger charge is -2.52. The smallest absolute Gasteiger partial charge is 0.223 e. The van der Waals surface area contributed by atoms with Crippen LogP contribution in [0.25, 0.3) is 0 Å². The molecule has 3 heterocycles. The maximum Gasteiger partial charge on any atom is 0.223 e. The van der Waals surface area contributed by atoms with Crippen LogP contribution in [0, 0.1) is 5.92 Å². The predicted octanol–water partition coefficient (Wildman–Crippen LogP) is 3.91. The fourth-order valence-electron chi connectivity index (χ4n) is 4.76. The van der Waals surface area contributed by atoms with Gasteiger partial charge >= 0.3 is 0 Å². The quantitative estimate of drug-likeness (QED) is 0.778. The summed E-state index contributed by atoms with van der Waals surface area (Å²) in [5, 5.41) is 0. The van der Waals surface area contributed by atoms with Crippen LogP contribution in [-0.2, 0) is 16.8 Å². The van der Waals surface area contributed by atoms with Crippen LogP contribution < -0.4 is 9.47 Å². The van der Waals surface area contributed by atoms with E-state index in [-0.39, 0.29) is 5.54 Å². The van der Waals surface area contributed by atoms with Gasteiger partial charge in [0.2, 0.25) is 5.91 Å². The molecule has 0 aliphatic carbocycles. The Morgan fingerprint density at radius 2 is 1.85 bits per heavy atom. The number of methoxy groups -OCH3 is 2. The third kappa shape index (κ3) is 2.99. The van der Waals surface area contributed by atoms with Gasteiger partial charge in [-0.25, -0.2) is 0 Å². The molecule has 3 aliphatic heterocycles. The Hall–Kier alpha value is -1.01. The summed E-state index contributed by atoms with van der Waals surface area (Å²) in [5.74, 6) is 4.74. The average Bonchev–Trinajstić information content (AvgIpc) is 2.67. The number of nitrogens with zero attached hydrogens (tertiary/aromatic N) is 1. The molecule has 2 atom stereocenters. The molecule has 1 aromatic rings. The van der Waals surface area contributed by atoms with E-state index in [0.29, 0.717) is 22.8 Å². The Labute approximate surface area is 164 Å². The van der Waals surface area contributed by atoms with Gasteiger partial charge in [-0.15, -0.1) is 23.5 Å². The van der Waals surface area contributed by atoms with Gasteiger partial charge in [0.15, 0.2) is 11.5 Å². The summed E-state index contributed by atoms with van der Waals surface area (Å²) in [4.78, 5) is 15.1. The van der Waals surface area contributed by atoms with Gasteiger partial charge in [0.05, 0.1) is 24.3 Å². The summed E-state index contributed by atoms with van der Waals surface area (Å²) in [6.45, 7) is 3.05. The normalized spacial score (nSPS) is 29.1. The number of carbonyl (C=O) groups is 1. The Kier molecular flexibility index (Phi) is 5.08. The van der Waals surface area contributed by atoms with E-state index in [1.807, 2.05) is 0 Å². The van der Waals surface area contributed by atoms with E-state index in [1.165, 1.54) is 29.1 Å². The Balaban J connectivity index is 1.72. The van der Waals surface area contributed by atoms with Crippen LogP contribution in [0.15, 0.2) is 12.1 Å². The second-order valence-electron chi connectivity index (χ2n) is 7.57. The molecule has 6 heteroatoms. The van der Waals surface area contributed by atoms with Crippen molar-refractivity contribution in [3.05, 3.63) is 23.3 Å². The molecule has 26 heavy (non-hydrogen) atoms. The van der Waals surface area contributed by atoms with Crippen LogP contribution >= 0.6 is 23.5 Å². The van der Waals surface area contributed by atoms with Gasteiger partial charge in [-0.2, -0.15) is 0 Å². The first kappa shape index (κ1) is 18.4. The number of amides is 1. The fraction of sp³-hybridized carbons (Fsp3) is 0.650. The number of fused-ring (bicyclic) bond motifs is 3. The van der Waals surface area contributed by atoms with Crippen LogP contribution in [0.4, 0.5) is 0 Å². The topological polar surface area (TPSA) is 38.8 Å². The third-order valence-electron chi connectivity index (χ3n) is 6.03. The Bertz CT molecular complexity index is 705. The summed E-state index contributed by atoms with van der Waals surface area (Å²) in [5.41, 5.74) is 2.29. The van der Waals surface area contributed by atoms with Crippen molar-refractivity contribution in [3.63, 3.8) is 0 Å².